The number of aryl methyl sites for hydroxylation is 1. The van der Waals surface area contributed by atoms with Gasteiger partial charge in [0, 0.05) is 45.0 Å². The molecule has 1 atom stereocenters. The maximum Gasteiger partial charge on any atom is 0.270 e. The lowest BCUT2D eigenvalue weighted by atomic mass is 9.93. The number of rotatable bonds is 4. The van der Waals surface area contributed by atoms with E-state index in [4.69, 9.17) is 0 Å². The van der Waals surface area contributed by atoms with Crippen molar-refractivity contribution in [1.82, 2.24) is 19.7 Å². The molecule has 2 aliphatic heterocycles. The first-order valence-electron chi connectivity index (χ1n) is 10.1. The van der Waals surface area contributed by atoms with E-state index in [9.17, 15) is 9.59 Å². The molecule has 0 aromatic carbocycles. The van der Waals surface area contributed by atoms with E-state index >= 15 is 0 Å². The van der Waals surface area contributed by atoms with E-state index in [1.807, 2.05) is 34.8 Å². The fourth-order valence-corrected chi connectivity index (χ4v) is 4.38. The maximum atomic E-state index is 12.7. The van der Waals surface area contributed by atoms with Crippen LogP contribution in [0.15, 0.2) is 18.3 Å². The van der Waals surface area contributed by atoms with E-state index in [0.29, 0.717) is 12.1 Å². The van der Waals surface area contributed by atoms with Crippen LogP contribution < -0.4 is 5.32 Å². The Bertz CT molecular complexity index is 659. The summed E-state index contributed by atoms with van der Waals surface area (Å²) in [4.78, 5) is 29.5. The van der Waals surface area contributed by atoms with Gasteiger partial charge in [0.15, 0.2) is 0 Å². The summed E-state index contributed by atoms with van der Waals surface area (Å²) in [6.45, 7) is 3.59. The molecule has 0 bridgehead atoms. The number of likely N-dealkylation sites (tertiary alicyclic amines) is 2. The van der Waals surface area contributed by atoms with Crippen molar-refractivity contribution in [3.05, 3.63) is 24.0 Å². The second-order valence-corrected chi connectivity index (χ2v) is 8.14. The molecule has 1 aromatic rings. The zero-order valence-corrected chi connectivity index (χ0v) is 15.7. The Labute approximate surface area is 155 Å². The number of aromatic nitrogens is 1. The molecular formula is C20H30N4O2. The number of hydrogen-bond acceptors (Lipinski definition) is 3. The Hall–Kier alpha value is -1.82. The van der Waals surface area contributed by atoms with Crippen molar-refractivity contribution in [3.8, 4) is 0 Å². The fraction of sp³-hybridized carbons (Fsp3) is 0.700. The van der Waals surface area contributed by atoms with Gasteiger partial charge in [0.05, 0.1) is 5.92 Å². The molecule has 1 aromatic heterocycles. The molecule has 1 saturated carbocycles. The van der Waals surface area contributed by atoms with Gasteiger partial charge in [0.2, 0.25) is 5.91 Å². The van der Waals surface area contributed by atoms with Crippen LogP contribution in [0.4, 0.5) is 0 Å². The third kappa shape index (κ3) is 3.80. The standard InChI is InChI=1S/C20H30N4O2/c1-22-10-3-5-18(22)20(26)23-12-8-17(9-13-23)24-11-2-4-15(14-24)19(25)21-16-6-7-16/h3,5,10,15-17H,2,4,6-9,11-14H2,1H3,(H,21,25). The second-order valence-electron chi connectivity index (χ2n) is 8.14. The molecule has 3 fully saturated rings. The van der Waals surface area contributed by atoms with E-state index in [2.05, 4.69) is 10.2 Å². The topological polar surface area (TPSA) is 57.6 Å². The highest BCUT2D eigenvalue weighted by atomic mass is 16.2. The molecule has 1 unspecified atom stereocenters. The number of piperidine rings is 2. The van der Waals surface area contributed by atoms with Crippen LogP contribution in [0.3, 0.4) is 0 Å². The van der Waals surface area contributed by atoms with Crippen LogP contribution >= 0.6 is 0 Å². The monoisotopic (exact) mass is 358 g/mol. The van der Waals surface area contributed by atoms with Crippen LogP contribution in [0, 0.1) is 5.92 Å². The lowest BCUT2D eigenvalue weighted by molar-refractivity contribution is -0.127. The van der Waals surface area contributed by atoms with E-state index < -0.39 is 0 Å². The summed E-state index contributed by atoms with van der Waals surface area (Å²) in [5, 5.41) is 3.17. The van der Waals surface area contributed by atoms with Gasteiger partial charge in [-0.05, 0) is 57.2 Å². The van der Waals surface area contributed by atoms with Gasteiger partial charge in [0.25, 0.3) is 5.91 Å². The first-order chi connectivity index (χ1) is 12.6. The van der Waals surface area contributed by atoms with E-state index in [-0.39, 0.29) is 17.7 Å². The van der Waals surface area contributed by atoms with Crippen molar-refractivity contribution in [1.29, 1.82) is 0 Å². The number of nitrogens with one attached hydrogen (secondary N) is 1. The van der Waals surface area contributed by atoms with Gasteiger partial charge in [-0.2, -0.15) is 0 Å². The maximum absolute atomic E-state index is 12.7. The highest BCUT2D eigenvalue weighted by Crippen LogP contribution is 2.26. The Morgan fingerprint density at radius 1 is 1.08 bits per heavy atom. The minimum atomic E-state index is 0.135. The number of carbonyl (C=O) groups is 2. The largest absolute Gasteiger partial charge is 0.353 e. The van der Waals surface area contributed by atoms with Gasteiger partial charge < -0.3 is 14.8 Å². The highest BCUT2D eigenvalue weighted by Gasteiger charge is 2.34. The molecule has 2 saturated heterocycles. The Morgan fingerprint density at radius 3 is 2.50 bits per heavy atom. The van der Waals surface area contributed by atoms with Crippen molar-refractivity contribution in [3.63, 3.8) is 0 Å². The quantitative estimate of drug-likeness (QED) is 0.890. The molecule has 3 aliphatic rings. The van der Waals surface area contributed by atoms with Crippen LogP contribution in [0.25, 0.3) is 0 Å². The Balaban J connectivity index is 1.29. The molecule has 1 aliphatic carbocycles. The van der Waals surface area contributed by atoms with Crippen LogP contribution in [-0.2, 0) is 11.8 Å². The third-order valence-electron chi connectivity index (χ3n) is 6.18. The number of hydrogen-bond donors (Lipinski definition) is 1. The van der Waals surface area contributed by atoms with Crippen molar-refractivity contribution in [2.24, 2.45) is 13.0 Å². The van der Waals surface area contributed by atoms with Gasteiger partial charge in [-0.3, -0.25) is 14.5 Å². The lowest BCUT2D eigenvalue weighted by Crippen LogP contribution is -2.51. The zero-order valence-electron chi connectivity index (χ0n) is 15.7. The van der Waals surface area contributed by atoms with Gasteiger partial charge in [-0.25, -0.2) is 0 Å². The van der Waals surface area contributed by atoms with Crippen LogP contribution in [0.2, 0.25) is 0 Å². The predicted molar refractivity (Wildman–Crippen MR) is 99.8 cm³/mol. The minimum Gasteiger partial charge on any atom is -0.353 e. The van der Waals surface area contributed by atoms with Crippen molar-refractivity contribution in [2.75, 3.05) is 26.2 Å². The molecular weight excluding hydrogens is 328 g/mol. The SMILES string of the molecule is Cn1cccc1C(=O)N1CCC(N2CCCC(C(=O)NC3CC3)C2)CC1. The number of nitrogens with zero attached hydrogens (tertiary/aromatic N) is 3. The number of amides is 2. The molecule has 6 heteroatoms. The van der Waals surface area contributed by atoms with Crippen LogP contribution in [0.5, 0.6) is 0 Å². The Kier molecular flexibility index (Phi) is 5.02. The van der Waals surface area contributed by atoms with E-state index in [0.717, 1.165) is 70.4 Å². The highest BCUT2D eigenvalue weighted by molar-refractivity contribution is 5.92. The molecule has 1 N–H and O–H groups in total. The molecule has 0 spiro atoms. The second kappa shape index (κ2) is 7.43. The van der Waals surface area contributed by atoms with Gasteiger partial charge in [-0.15, -0.1) is 0 Å². The van der Waals surface area contributed by atoms with Crippen molar-refractivity contribution >= 4 is 11.8 Å². The third-order valence-corrected chi connectivity index (χ3v) is 6.18. The average Bonchev–Trinajstić information content (AvgIpc) is 3.39. The van der Waals surface area contributed by atoms with Gasteiger partial charge in [-0.1, -0.05) is 0 Å². The summed E-state index contributed by atoms with van der Waals surface area (Å²) in [7, 11) is 1.92. The summed E-state index contributed by atoms with van der Waals surface area (Å²) in [5.41, 5.74) is 0.762. The Morgan fingerprint density at radius 2 is 1.85 bits per heavy atom. The molecule has 26 heavy (non-hydrogen) atoms. The normalized spacial score (nSPS) is 25.3. The first kappa shape index (κ1) is 17.6. The summed E-state index contributed by atoms with van der Waals surface area (Å²) in [5.74, 6) is 0.539. The summed E-state index contributed by atoms with van der Waals surface area (Å²) >= 11 is 0. The molecule has 3 heterocycles. The van der Waals surface area contributed by atoms with E-state index in [1.54, 1.807) is 0 Å². The molecule has 2 amide bonds. The minimum absolute atomic E-state index is 0.135. The summed E-state index contributed by atoms with van der Waals surface area (Å²) < 4.78 is 1.89. The van der Waals surface area contributed by atoms with Crippen LogP contribution in [0.1, 0.15) is 49.0 Å². The van der Waals surface area contributed by atoms with Gasteiger partial charge in [0.1, 0.15) is 5.69 Å². The lowest BCUT2D eigenvalue weighted by Gasteiger charge is -2.42. The summed E-state index contributed by atoms with van der Waals surface area (Å²) in [6.07, 6.45) is 8.34. The fourth-order valence-electron chi connectivity index (χ4n) is 4.38. The zero-order chi connectivity index (χ0) is 18.1. The predicted octanol–water partition coefficient (Wildman–Crippen LogP) is 1.62. The molecule has 0 radical (unpaired) electrons. The van der Waals surface area contributed by atoms with Crippen LogP contribution in [-0.4, -0.2) is 64.4 Å². The average molecular weight is 358 g/mol. The van der Waals surface area contributed by atoms with Crippen molar-refractivity contribution in [2.45, 2.75) is 50.6 Å². The van der Waals surface area contributed by atoms with Gasteiger partial charge >= 0.3 is 0 Å². The van der Waals surface area contributed by atoms with E-state index in [1.165, 1.54) is 0 Å². The first-order valence-corrected chi connectivity index (χ1v) is 10.1. The smallest absolute Gasteiger partial charge is 0.270 e. The molecule has 6 nitrogen and oxygen atoms in total. The van der Waals surface area contributed by atoms with Crippen molar-refractivity contribution < 1.29 is 9.59 Å². The molecule has 4 rings (SSSR count). The molecule has 142 valence electrons. The summed E-state index contributed by atoms with van der Waals surface area (Å²) in [6, 6.07) is 4.76. The number of carbonyl (C=O) groups excluding carboxylic acids is 2.